The number of hydrogen-bond donors (Lipinski definition) is 3. The van der Waals surface area contributed by atoms with Crippen molar-refractivity contribution >= 4 is 17.5 Å². The van der Waals surface area contributed by atoms with Crippen LogP contribution in [-0.2, 0) is 4.79 Å². The van der Waals surface area contributed by atoms with Gasteiger partial charge in [0.2, 0.25) is 5.91 Å². The number of aromatic nitrogens is 2. The number of anilines is 2. The second-order valence-electron chi connectivity index (χ2n) is 3.84. The maximum absolute atomic E-state index is 11.1. The molecule has 0 bridgehead atoms. The van der Waals surface area contributed by atoms with Gasteiger partial charge in [-0.25, -0.2) is 9.97 Å². The van der Waals surface area contributed by atoms with E-state index in [9.17, 15) is 4.79 Å². The predicted molar refractivity (Wildman–Crippen MR) is 61.0 cm³/mol. The SMILES string of the molecule is CNC(=O)CNc1cc(N)nc(C2CC2)n1. The smallest absolute Gasteiger partial charge is 0.239 e. The number of nitrogens with one attached hydrogen (secondary N) is 2. The fraction of sp³-hybridized carbons (Fsp3) is 0.500. The van der Waals surface area contributed by atoms with Crippen LogP contribution >= 0.6 is 0 Å². The van der Waals surface area contributed by atoms with E-state index in [2.05, 4.69) is 20.6 Å². The summed E-state index contributed by atoms with van der Waals surface area (Å²) in [4.78, 5) is 19.5. The summed E-state index contributed by atoms with van der Waals surface area (Å²) in [6, 6.07) is 1.63. The lowest BCUT2D eigenvalue weighted by atomic mass is 10.4. The van der Waals surface area contributed by atoms with Crippen LogP contribution < -0.4 is 16.4 Å². The van der Waals surface area contributed by atoms with Gasteiger partial charge in [-0.05, 0) is 12.8 Å². The molecule has 0 saturated heterocycles. The van der Waals surface area contributed by atoms with Crippen LogP contribution in [0.1, 0.15) is 24.6 Å². The molecule has 1 aliphatic rings. The molecule has 0 unspecified atom stereocenters. The van der Waals surface area contributed by atoms with E-state index >= 15 is 0 Å². The van der Waals surface area contributed by atoms with Gasteiger partial charge in [-0.3, -0.25) is 4.79 Å². The average Bonchev–Trinajstić information content (AvgIpc) is 3.09. The van der Waals surface area contributed by atoms with Gasteiger partial charge in [-0.15, -0.1) is 0 Å². The maximum Gasteiger partial charge on any atom is 0.239 e. The van der Waals surface area contributed by atoms with Crippen molar-refractivity contribution in [1.29, 1.82) is 0 Å². The van der Waals surface area contributed by atoms with Crippen LogP contribution in [0.3, 0.4) is 0 Å². The largest absolute Gasteiger partial charge is 0.384 e. The first-order chi connectivity index (χ1) is 7.69. The summed E-state index contributed by atoms with van der Waals surface area (Å²) >= 11 is 0. The summed E-state index contributed by atoms with van der Waals surface area (Å²) in [5.74, 6) is 2.18. The zero-order chi connectivity index (χ0) is 11.5. The predicted octanol–water partition coefficient (Wildman–Crippen LogP) is 0.0941. The van der Waals surface area contributed by atoms with Crippen LogP contribution in [0, 0.1) is 0 Å². The van der Waals surface area contributed by atoms with Crippen molar-refractivity contribution in [3.8, 4) is 0 Å². The molecule has 2 rings (SSSR count). The topological polar surface area (TPSA) is 92.9 Å². The zero-order valence-electron chi connectivity index (χ0n) is 9.16. The Hall–Kier alpha value is -1.85. The number of nitrogen functional groups attached to an aromatic ring is 1. The zero-order valence-corrected chi connectivity index (χ0v) is 9.16. The molecule has 6 heteroatoms. The van der Waals surface area contributed by atoms with Gasteiger partial charge in [-0.2, -0.15) is 0 Å². The quantitative estimate of drug-likeness (QED) is 0.670. The monoisotopic (exact) mass is 221 g/mol. The van der Waals surface area contributed by atoms with Crippen molar-refractivity contribution in [1.82, 2.24) is 15.3 Å². The fourth-order valence-electron chi connectivity index (χ4n) is 1.36. The molecule has 1 saturated carbocycles. The van der Waals surface area contributed by atoms with Gasteiger partial charge in [0.1, 0.15) is 17.5 Å². The first-order valence-electron chi connectivity index (χ1n) is 5.28. The second-order valence-corrected chi connectivity index (χ2v) is 3.84. The van der Waals surface area contributed by atoms with Crippen LogP contribution in [0.15, 0.2) is 6.07 Å². The number of carbonyl (C=O) groups excluding carboxylic acids is 1. The molecule has 0 spiro atoms. The summed E-state index contributed by atoms with van der Waals surface area (Å²) in [7, 11) is 1.59. The van der Waals surface area contributed by atoms with Crippen molar-refractivity contribution in [2.75, 3.05) is 24.6 Å². The Balaban J connectivity index is 2.05. The van der Waals surface area contributed by atoms with Gasteiger partial charge in [0.25, 0.3) is 0 Å². The number of hydrogen-bond acceptors (Lipinski definition) is 5. The highest BCUT2D eigenvalue weighted by Gasteiger charge is 2.27. The third-order valence-electron chi connectivity index (χ3n) is 2.41. The number of rotatable bonds is 4. The van der Waals surface area contributed by atoms with E-state index in [0.717, 1.165) is 18.7 Å². The first-order valence-corrected chi connectivity index (χ1v) is 5.28. The lowest BCUT2D eigenvalue weighted by molar-refractivity contribution is -0.118. The van der Waals surface area contributed by atoms with Crippen LogP contribution in [0.5, 0.6) is 0 Å². The molecular weight excluding hydrogens is 206 g/mol. The molecule has 4 N–H and O–H groups in total. The molecule has 1 fully saturated rings. The summed E-state index contributed by atoms with van der Waals surface area (Å²) in [5, 5.41) is 5.44. The summed E-state index contributed by atoms with van der Waals surface area (Å²) in [6.45, 7) is 0.192. The highest BCUT2D eigenvalue weighted by atomic mass is 16.1. The third-order valence-corrected chi connectivity index (χ3v) is 2.41. The van der Waals surface area contributed by atoms with Crippen LogP contribution in [-0.4, -0.2) is 29.5 Å². The van der Waals surface area contributed by atoms with E-state index in [-0.39, 0.29) is 12.5 Å². The number of amides is 1. The van der Waals surface area contributed by atoms with E-state index in [4.69, 9.17) is 5.73 Å². The number of carbonyl (C=O) groups is 1. The molecule has 1 amide bonds. The Bertz CT molecular complexity index is 402. The van der Waals surface area contributed by atoms with Crippen LogP contribution in [0.4, 0.5) is 11.6 Å². The summed E-state index contributed by atoms with van der Waals surface area (Å²) in [5.41, 5.74) is 5.67. The van der Waals surface area contributed by atoms with Crippen molar-refractivity contribution in [3.63, 3.8) is 0 Å². The van der Waals surface area contributed by atoms with Crippen molar-refractivity contribution in [2.45, 2.75) is 18.8 Å². The highest BCUT2D eigenvalue weighted by molar-refractivity contribution is 5.80. The normalized spacial score (nSPS) is 14.6. The highest BCUT2D eigenvalue weighted by Crippen LogP contribution is 2.38. The Morgan fingerprint density at radius 1 is 1.56 bits per heavy atom. The third kappa shape index (κ3) is 2.59. The molecule has 1 heterocycles. The molecule has 1 aromatic heterocycles. The van der Waals surface area contributed by atoms with E-state index in [0.29, 0.717) is 17.6 Å². The molecular formula is C10H15N5O. The first kappa shape index (κ1) is 10.7. The molecule has 0 atom stereocenters. The van der Waals surface area contributed by atoms with Gasteiger partial charge in [0.05, 0.1) is 6.54 Å². The van der Waals surface area contributed by atoms with Crippen LogP contribution in [0.25, 0.3) is 0 Å². The molecule has 6 nitrogen and oxygen atoms in total. The van der Waals surface area contributed by atoms with Crippen molar-refractivity contribution in [3.05, 3.63) is 11.9 Å². The number of nitrogens with two attached hydrogens (primary N) is 1. The molecule has 0 aliphatic heterocycles. The average molecular weight is 221 g/mol. The second kappa shape index (κ2) is 4.34. The van der Waals surface area contributed by atoms with E-state index in [1.54, 1.807) is 13.1 Å². The number of nitrogens with zero attached hydrogens (tertiary/aromatic N) is 2. The fourth-order valence-corrected chi connectivity index (χ4v) is 1.36. The Morgan fingerprint density at radius 2 is 2.31 bits per heavy atom. The Kier molecular flexibility index (Phi) is 2.89. The maximum atomic E-state index is 11.1. The molecule has 1 aliphatic carbocycles. The van der Waals surface area contributed by atoms with E-state index < -0.39 is 0 Å². The minimum absolute atomic E-state index is 0.0924. The molecule has 0 radical (unpaired) electrons. The van der Waals surface area contributed by atoms with Crippen molar-refractivity contribution in [2.24, 2.45) is 0 Å². The molecule has 0 aromatic carbocycles. The summed E-state index contributed by atoms with van der Waals surface area (Å²) in [6.07, 6.45) is 2.25. The Labute approximate surface area is 93.7 Å². The van der Waals surface area contributed by atoms with Crippen molar-refractivity contribution < 1.29 is 4.79 Å². The standard InChI is InChI=1S/C10H15N5O/c1-12-9(16)5-13-8-4-7(11)14-10(15-8)6-2-3-6/h4,6H,2-3,5H2,1H3,(H,12,16)(H3,11,13,14,15). The van der Waals surface area contributed by atoms with Gasteiger partial charge in [0.15, 0.2) is 0 Å². The minimum Gasteiger partial charge on any atom is -0.384 e. The molecule has 1 aromatic rings. The lowest BCUT2D eigenvalue weighted by Gasteiger charge is -2.07. The van der Waals surface area contributed by atoms with E-state index in [1.807, 2.05) is 0 Å². The van der Waals surface area contributed by atoms with Gasteiger partial charge in [0, 0.05) is 19.0 Å². The molecule has 16 heavy (non-hydrogen) atoms. The molecule has 86 valence electrons. The minimum atomic E-state index is -0.0924. The van der Waals surface area contributed by atoms with E-state index in [1.165, 1.54) is 0 Å². The van der Waals surface area contributed by atoms with Gasteiger partial charge in [-0.1, -0.05) is 0 Å². The van der Waals surface area contributed by atoms with Crippen LogP contribution in [0.2, 0.25) is 0 Å². The number of likely N-dealkylation sites (N-methyl/N-ethyl adjacent to an activating group) is 1. The summed E-state index contributed by atoms with van der Waals surface area (Å²) < 4.78 is 0. The van der Waals surface area contributed by atoms with Gasteiger partial charge >= 0.3 is 0 Å². The van der Waals surface area contributed by atoms with Gasteiger partial charge < -0.3 is 16.4 Å². The Morgan fingerprint density at radius 3 is 2.94 bits per heavy atom. The lowest BCUT2D eigenvalue weighted by Crippen LogP contribution is -2.26.